The lowest BCUT2D eigenvalue weighted by Crippen LogP contribution is -2.20. The summed E-state index contributed by atoms with van der Waals surface area (Å²) in [6.45, 7) is 1.84. The second kappa shape index (κ2) is 6.49. The molecule has 0 aromatic carbocycles. The summed E-state index contributed by atoms with van der Waals surface area (Å²) in [5, 5.41) is 0. The highest BCUT2D eigenvalue weighted by atomic mass is 35.5. The van der Waals surface area contributed by atoms with Gasteiger partial charge in [0.25, 0.3) is 6.43 Å². The Morgan fingerprint density at radius 1 is 1.56 bits per heavy atom. The number of H-pyrrole nitrogens is 1. The van der Waals surface area contributed by atoms with Crippen LogP contribution in [0.15, 0.2) is 11.0 Å². The van der Waals surface area contributed by atoms with Gasteiger partial charge in [0.1, 0.15) is 0 Å². The van der Waals surface area contributed by atoms with Crippen LogP contribution in [0.3, 0.4) is 0 Å². The summed E-state index contributed by atoms with van der Waals surface area (Å²) in [4.78, 5) is 25.4. The molecule has 1 N–H and O–H groups in total. The van der Waals surface area contributed by atoms with Crippen LogP contribution in [-0.2, 0) is 21.8 Å². The van der Waals surface area contributed by atoms with Gasteiger partial charge in [-0.15, -0.1) is 11.6 Å². The van der Waals surface area contributed by atoms with E-state index in [1.54, 1.807) is 6.92 Å². The number of ether oxygens (including phenoxy) is 1. The molecule has 0 aliphatic carbocycles. The number of rotatable bonds is 5. The average molecular weight is 280 g/mol. The molecule has 0 atom stereocenters. The zero-order valence-electron chi connectivity index (χ0n) is 9.63. The molecule has 0 spiro atoms. The fourth-order valence-electron chi connectivity index (χ4n) is 1.45. The minimum absolute atomic E-state index is 0.0254. The summed E-state index contributed by atoms with van der Waals surface area (Å²) in [6.07, 6.45) is -2.18. The zero-order chi connectivity index (χ0) is 13.7. The highest BCUT2D eigenvalue weighted by Crippen LogP contribution is 2.16. The van der Waals surface area contributed by atoms with Gasteiger partial charge < -0.3 is 9.72 Å². The van der Waals surface area contributed by atoms with Gasteiger partial charge in [-0.25, -0.2) is 8.78 Å². The number of pyridine rings is 1. The lowest BCUT2D eigenvalue weighted by molar-refractivity contribution is -0.142. The Bertz CT molecular complexity index is 488. The minimum Gasteiger partial charge on any atom is -0.466 e. The van der Waals surface area contributed by atoms with Gasteiger partial charge in [0.2, 0.25) is 0 Å². The molecule has 1 aromatic rings. The van der Waals surface area contributed by atoms with Gasteiger partial charge in [-0.3, -0.25) is 9.59 Å². The first kappa shape index (κ1) is 14.6. The number of hydrogen-bond acceptors (Lipinski definition) is 3. The van der Waals surface area contributed by atoms with Crippen molar-refractivity contribution in [3.8, 4) is 0 Å². The third kappa shape index (κ3) is 3.29. The van der Waals surface area contributed by atoms with Crippen molar-refractivity contribution in [2.75, 3.05) is 6.61 Å². The third-order valence-electron chi connectivity index (χ3n) is 2.30. The van der Waals surface area contributed by atoms with Crippen LogP contribution in [-0.4, -0.2) is 17.6 Å². The van der Waals surface area contributed by atoms with E-state index in [9.17, 15) is 18.4 Å². The lowest BCUT2D eigenvalue weighted by Gasteiger charge is -2.08. The average Bonchev–Trinajstić information content (AvgIpc) is 2.29. The molecule has 18 heavy (non-hydrogen) atoms. The Balaban J connectivity index is 3.11. The monoisotopic (exact) mass is 279 g/mol. The summed E-state index contributed by atoms with van der Waals surface area (Å²) in [7, 11) is 0. The number of esters is 1. The lowest BCUT2D eigenvalue weighted by atomic mass is 10.1. The number of carbonyl (C=O) groups excluding carboxylic acids is 1. The molecule has 0 radical (unpaired) electrons. The number of halogens is 3. The van der Waals surface area contributed by atoms with Crippen LogP contribution in [0.2, 0.25) is 0 Å². The SMILES string of the molecule is CCOC(=O)Cc1[nH]cc(C(F)F)c(=O)c1CCl. The molecular weight excluding hydrogens is 268 g/mol. The third-order valence-corrected chi connectivity index (χ3v) is 2.56. The van der Waals surface area contributed by atoms with E-state index in [-0.39, 0.29) is 30.2 Å². The Kier molecular flexibility index (Phi) is 5.27. The van der Waals surface area contributed by atoms with Crippen LogP contribution < -0.4 is 5.43 Å². The maximum atomic E-state index is 12.5. The largest absolute Gasteiger partial charge is 0.466 e. The van der Waals surface area contributed by atoms with Crippen molar-refractivity contribution in [3.05, 3.63) is 33.2 Å². The van der Waals surface area contributed by atoms with Gasteiger partial charge in [-0.1, -0.05) is 0 Å². The second-order valence-corrected chi connectivity index (χ2v) is 3.71. The smallest absolute Gasteiger partial charge is 0.311 e. The number of hydrogen-bond donors (Lipinski definition) is 1. The van der Waals surface area contributed by atoms with Crippen molar-refractivity contribution < 1.29 is 18.3 Å². The van der Waals surface area contributed by atoms with E-state index >= 15 is 0 Å². The topological polar surface area (TPSA) is 59.2 Å². The van der Waals surface area contributed by atoms with Crippen LogP contribution in [0.5, 0.6) is 0 Å². The molecule has 0 unspecified atom stereocenters. The molecule has 1 aromatic heterocycles. The maximum absolute atomic E-state index is 12.5. The standard InChI is InChI=1S/C11H12ClF2NO3/c1-2-18-9(16)3-8-6(4-12)10(17)7(5-15-8)11(13)14/h5,11H,2-4H2,1H3,(H,15,17). The summed E-state index contributed by atoms with van der Waals surface area (Å²) in [5.74, 6) is -0.797. The molecule has 0 aliphatic heterocycles. The molecule has 0 saturated carbocycles. The Morgan fingerprint density at radius 3 is 2.72 bits per heavy atom. The Morgan fingerprint density at radius 2 is 2.22 bits per heavy atom. The van der Waals surface area contributed by atoms with Crippen molar-refractivity contribution in [1.29, 1.82) is 0 Å². The molecule has 7 heteroatoms. The fraction of sp³-hybridized carbons (Fsp3) is 0.455. The van der Waals surface area contributed by atoms with E-state index in [2.05, 4.69) is 4.98 Å². The number of aromatic nitrogens is 1. The zero-order valence-corrected chi connectivity index (χ0v) is 10.4. The molecule has 0 bridgehead atoms. The van der Waals surface area contributed by atoms with Crippen LogP contribution in [0.4, 0.5) is 8.78 Å². The predicted molar refractivity (Wildman–Crippen MR) is 61.9 cm³/mol. The molecule has 0 fully saturated rings. The molecule has 0 amide bonds. The van der Waals surface area contributed by atoms with Gasteiger partial charge in [0.15, 0.2) is 5.43 Å². The molecule has 4 nitrogen and oxygen atoms in total. The first-order valence-corrected chi connectivity index (χ1v) is 5.77. The summed E-state index contributed by atoms with van der Waals surface area (Å²) < 4.78 is 29.7. The number of aromatic amines is 1. The summed E-state index contributed by atoms with van der Waals surface area (Å²) in [5.41, 5.74) is -1.31. The van der Waals surface area contributed by atoms with E-state index in [1.165, 1.54) is 0 Å². The van der Waals surface area contributed by atoms with Crippen molar-refractivity contribution in [1.82, 2.24) is 4.98 Å². The molecule has 0 aliphatic rings. The first-order valence-electron chi connectivity index (χ1n) is 5.24. The predicted octanol–water partition coefficient (Wildman–Crippen LogP) is 2.16. The molecule has 1 heterocycles. The van der Waals surface area contributed by atoms with E-state index in [4.69, 9.17) is 16.3 Å². The summed E-state index contributed by atoms with van der Waals surface area (Å²) in [6, 6.07) is 0. The van der Waals surface area contributed by atoms with E-state index in [1.807, 2.05) is 0 Å². The first-order chi connectivity index (χ1) is 8.51. The van der Waals surface area contributed by atoms with Gasteiger partial charge in [0.05, 0.1) is 24.5 Å². The van der Waals surface area contributed by atoms with Crippen LogP contribution in [0.25, 0.3) is 0 Å². The van der Waals surface area contributed by atoms with Crippen molar-refractivity contribution in [3.63, 3.8) is 0 Å². The maximum Gasteiger partial charge on any atom is 0.311 e. The van der Waals surface area contributed by atoms with E-state index < -0.39 is 23.4 Å². The quantitative estimate of drug-likeness (QED) is 0.664. The van der Waals surface area contributed by atoms with Crippen LogP contribution >= 0.6 is 11.6 Å². The summed E-state index contributed by atoms with van der Waals surface area (Å²) >= 11 is 5.56. The van der Waals surface area contributed by atoms with E-state index in [0.29, 0.717) is 0 Å². The fourth-order valence-corrected chi connectivity index (χ4v) is 1.73. The number of alkyl halides is 3. The van der Waals surface area contributed by atoms with Gasteiger partial charge in [-0.2, -0.15) is 0 Å². The van der Waals surface area contributed by atoms with Crippen molar-refractivity contribution >= 4 is 17.6 Å². The minimum atomic E-state index is -2.88. The molecule has 0 saturated heterocycles. The molecule has 1 rings (SSSR count). The molecule has 100 valence electrons. The Hall–Kier alpha value is -1.43. The normalized spacial score (nSPS) is 10.7. The highest BCUT2D eigenvalue weighted by Gasteiger charge is 2.18. The Labute approximate surface area is 107 Å². The van der Waals surface area contributed by atoms with Crippen molar-refractivity contribution in [2.45, 2.75) is 25.7 Å². The van der Waals surface area contributed by atoms with Gasteiger partial charge >= 0.3 is 5.97 Å². The number of carbonyl (C=O) groups is 1. The van der Waals surface area contributed by atoms with E-state index in [0.717, 1.165) is 6.20 Å². The molecular formula is C11H12ClF2NO3. The van der Waals surface area contributed by atoms with Gasteiger partial charge in [0, 0.05) is 17.5 Å². The van der Waals surface area contributed by atoms with Crippen molar-refractivity contribution in [2.24, 2.45) is 0 Å². The van der Waals surface area contributed by atoms with Gasteiger partial charge in [-0.05, 0) is 6.92 Å². The van der Waals surface area contributed by atoms with Crippen LogP contribution in [0, 0.1) is 0 Å². The van der Waals surface area contributed by atoms with Crippen LogP contribution in [0.1, 0.15) is 30.2 Å². The second-order valence-electron chi connectivity index (χ2n) is 3.45. The number of nitrogens with one attached hydrogen (secondary N) is 1. The highest BCUT2D eigenvalue weighted by molar-refractivity contribution is 6.17.